The summed E-state index contributed by atoms with van der Waals surface area (Å²) in [7, 11) is 4.24. The summed E-state index contributed by atoms with van der Waals surface area (Å²) >= 11 is 0. The highest BCUT2D eigenvalue weighted by Gasteiger charge is 2.36. The van der Waals surface area contributed by atoms with Crippen molar-refractivity contribution in [3.63, 3.8) is 0 Å². The van der Waals surface area contributed by atoms with Crippen molar-refractivity contribution in [2.24, 2.45) is 0 Å². The second kappa shape index (κ2) is 7.87. The summed E-state index contributed by atoms with van der Waals surface area (Å²) in [6.45, 7) is 0. The molecule has 28 heavy (non-hydrogen) atoms. The van der Waals surface area contributed by atoms with Crippen LogP contribution in [-0.4, -0.2) is 38.4 Å². The number of carbonyl (C=O) groups is 2. The summed E-state index contributed by atoms with van der Waals surface area (Å²) in [4.78, 5) is 24.8. The van der Waals surface area contributed by atoms with Gasteiger partial charge in [-0.3, -0.25) is 0 Å². The number of aliphatic hydroxyl groups is 1. The Bertz CT molecular complexity index is 967. The summed E-state index contributed by atoms with van der Waals surface area (Å²) < 4.78 is 20.3. The van der Waals surface area contributed by atoms with Crippen LogP contribution < -0.4 is 9.47 Å². The third-order valence-electron chi connectivity index (χ3n) is 4.22. The fourth-order valence-electron chi connectivity index (χ4n) is 2.79. The summed E-state index contributed by atoms with van der Waals surface area (Å²) in [5.41, 5.74) is 0.710. The van der Waals surface area contributed by atoms with E-state index in [1.807, 2.05) is 0 Å². The molecule has 7 nitrogen and oxygen atoms in total. The number of aliphatic hydroxyl groups excluding tert-OH is 1. The van der Waals surface area contributed by atoms with Gasteiger partial charge in [-0.1, -0.05) is 24.3 Å². The van der Waals surface area contributed by atoms with Gasteiger partial charge in [-0.05, 0) is 35.4 Å². The molecule has 0 aromatic heterocycles. The molecule has 1 aliphatic rings. The fraction of sp³-hybridized carbons (Fsp3) is 0.143. The third-order valence-corrected chi connectivity index (χ3v) is 4.22. The van der Waals surface area contributed by atoms with Gasteiger partial charge in [0.1, 0.15) is 22.6 Å². The minimum Gasteiger partial charge on any atom is -0.504 e. The number of benzene rings is 2. The first-order chi connectivity index (χ1) is 13.5. The van der Waals surface area contributed by atoms with Gasteiger partial charge in [-0.2, -0.15) is 0 Å². The minimum atomic E-state index is -0.771. The van der Waals surface area contributed by atoms with Gasteiger partial charge >= 0.3 is 11.9 Å². The van der Waals surface area contributed by atoms with Crippen molar-refractivity contribution in [1.82, 2.24) is 0 Å². The van der Waals surface area contributed by atoms with E-state index in [1.165, 1.54) is 21.3 Å². The molecular weight excluding hydrogens is 364 g/mol. The molecule has 0 fully saturated rings. The Morgan fingerprint density at radius 3 is 1.93 bits per heavy atom. The van der Waals surface area contributed by atoms with Gasteiger partial charge in [0.25, 0.3) is 0 Å². The molecule has 0 radical (unpaired) electrons. The lowest BCUT2D eigenvalue weighted by Gasteiger charge is -2.10. The normalized spacial score (nSPS) is 15.2. The van der Waals surface area contributed by atoms with Crippen LogP contribution in [0, 0.1) is 0 Å². The quantitative estimate of drug-likeness (QED) is 0.627. The number of hydrogen-bond donors (Lipinski definition) is 1. The van der Waals surface area contributed by atoms with Crippen LogP contribution in [0.25, 0.3) is 11.1 Å². The zero-order valence-electron chi connectivity index (χ0n) is 15.5. The molecule has 144 valence electrons. The molecule has 0 atom stereocenters. The average Bonchev–Trinajstić information content (AvgIpc) is 3.02. The molecule has 0 saturated heterocycles. The van der Waals surface area contributed by atoms with Crippen molar-refractivity contribution in [3.05, 3.63) is 71.2 Å². The first-order valence-electron chi connectivity index (χ1n) is 8.27. The zero-order chi connectivity index (χ0) is 20.3. The molecule has 0 spiro atoms. The van der Waals surface area contributed by atoms with Crippen molar-refractivity contribution >= 4 is 23.1 Å². The van der Waals surface area contributed by atoms with E-state index in [0.29, 0.717) is 22.6 Å². The van der Waals surface area contributed by atoms with E-state index in [-0.39, 0.29) is 16.9 Å². The van der Waals surface area contributed by atoms with Crippen LogP contribution in [0.1, 0.15) is 11.1 Å². The number of cyclic esters (lactones) is 1. The van der Waals surface area contributed by atoms with E-state index in [0.717, 1.165) is 0 Å². The highest BCUT2D eigenvalue weighted by Crippen LogP contribution is 2.37. The standard InChI is InChI=1S/C21H18O7/c1-25-14-8-4-12(5-9-14)16-18(22)19(28-21(16)24)17(20(23)27-3)13-6-10-15(26-2)11-7-13/h4-11,22H,1-3H3/b19-17+. The van der Waals surface area contributed by atoms with Crippen LogP contribution in [0.2, 0.25) is 0 Å². The summed E-state index contributed by atoms with van der Waals surface area (Å²) in [6.07, 6.45) is 0. The zero-order valence-corrected chi connectivity index (χ0v) is 15.5. The van der Waals surface area contributed by atoms with Crippen LogP contribution in [0.15, 0.2) is 60.0 Å². The Hall–Kier alpha value is -3.74. The monoisotopic (exact) mass is 382 g/mol. The highest BCUT2D eigenvalue weighted by molar-refractivity contribution is 6.25. The summed E-state index contributed by atoms with van der Waals surface area (Å²) in [5, 5.41) is 10.7. The van der Waals surface area contributed by atoms with Gasteiger partial charge in [0.2, 0.25) is 0 Å². The maximum absolute atomic E-state index is 12.4. The van der Waals surface area contributed by atoms with Crippen molar-refractivity contribution in [2.45, 2.75) is 0 Å². The Kier molecular flexibility index (Phi) is 5.35. The predicted octanol–water partition coefficient (Wildman–Crippen LogP) is 3.11. The van der Waals surface area contributed by atoms with E-state index in [4.69, 9.17) is 18.9 Å². The lowest BCUT2D eigenvalue weighted by molar-refractivity contribution is -0.134. The van der Waals surface area contributed by atoms with Gasteiger partial charge in [0.15, 0.2) is 11.5 Å². The van der Waals surface area contributed by atoms with Gasteiger partial charge in [0, 0.05) is 0 Å². The molecule has 7 heteroatoms. The smallest absolute Gasteiger partial charge is 0.348 e. The number of rotatable bonds is 5. The second-order valence-electron chi connectivity index (χ2n) is 5.77. The van der Waals surface area contributed by atoms with Crippen LogP contribution in [-0.2, 0) is 19.1 Å². The Labute approximate surface area is 161 Å². The Morgan fingerprint density at radius 1 is 0.893 bits per heavy atom. The molecule has 0 bridgehead atoms. The van der Waals surface area contributed by atoms with Gasteiger partial charge in [-0.25, -0.2) is 9.59 Å². The lowest BCUT2D eigenvalue weighted by atomic mass is 10.0. The number of carbonyl (C=O) groups excluding carboxylic acids is 2. The van der Waals surface area contributed by atoms with Crippen molar-refractivity contribution in [3.8, 4) is 11.5 Å². The maximum atomic E-state index is 12.4. The van der Waals surface area contributed by atoms with Crippen LogP contribution in [0.4, 0.5) is 0 Å². The number of methoxy groups -OCH3 is 3. The molecule has 0 unspecified atom stereocenters. The predicted molar refractivity (Wildman–Crippen MR) is 101 cm³/mol. The lowest BCUT2D eigenvalue weighted by Crippen LogP contribution is -2.09. The molecule has 1 aliphatic heterocycles. The molecule has 2 aromatic rings. The average molecular weight is 382 g/mol. The SMILES string of the molecule is COC(=O)/C(=C1/OC(=O)C(c2ccc(OC)cc2)=C1O)c1ccc(OC)cc1. The molecular formula is C21H18O7. The van der Waals surface area contributed by atoms with Gasteiger partial charge in [-0.15, -0.1) is 0 Å². The van der Waals surface area contributed by atoms with Crippen LogP contribution >= 0.6 is 0 Å². The van der Waals surface area contributed by atoms with E-state index in [2.05, 4.69) is 0 Å². The van der Waals surface area contributed by atoms with Crippen molar-refractivity contribution in [2.75, 3.05) is 21.3 Å². The van der Waals surface area contributed by atoms with E-state index >= 15 is 0 Å². The van der Waals surface area contributed by atoms with E-state index in [1.54, 1.807) is 48.5 Å². The molecule has 0 saturated carbocycles. The topological polar surface area (TPSA) is 91.3 Å². The first kappa shape index (κ1) is 19.0. The molecule has 0 aliphatic carbocycles. The largest absolute Gasteiger partial charge is 0.504 e. The Morgan fingerprint density at radius 2 is 1.43 bits per heavy atom. The molecule has 2 aromatic carbocycles. The third kappa shape index (κ3) is 3.42. The van der Waals surface area contributed by atoms with Gasteiger partial charge < -0.3 is 24.1 Å². The van der Waals surface area contributed by atoms with Crippen LogP contribution in [0.3, 0.4) is 0 Å². The first-order valence-corrected chi connectivity index (χ1v) is 8.27. The van der Waals surface area contributed by atoms with Gasteiger partial charge in [0.05, 0.1) is 21.3 Å². The second-order valence-corrected chi connectivity index (χ2v) is 5.77. The van der Waals surface area contributed by atoms with Crippen molar-refractivity contribution in [1.29, 1.82) is 0 Å². The van der Waals surface area contributed by atoms with E-state index in [9.17, 15) is 14.7 Å². The number of hydrogen-bond acceptors (Lipinski definition) is 7. The summed E-state index contributed by atoms with van der Waals surface area (Å²) in [5.74, 6) is -1.04. The molecule has 0 amide bonds. The number of esters is 2. The molecule has 3 rings (SSSR count). The highest BCUT2D eigenvalue weighted by atomic mass is 16.6. The number of ether oxygens (including phenoxy) is 4. The van der Waals surface area contributed by atoms with Crippen molar-refractivity contribution < 1.29 is 33.6 Å². The summed E-state index contributed by atoms with van der Waals surface area (Å²) in [6, 6.07) is 13.0. The minimum absolute atomic E-state index is 0.0485. The van der Waals surface area contributed by atoms with E-state index < -0.39 is 17.7 Å². The molecule has 1 N–H and O–H groups in total. The Balaban J connectivity index is 2.15. The maximum Gasteiger partial charge on any atom is 0.348 e. The van der Waals surface area contributed by atoms with Crippen LogP contribution in [0.5, 0.6) is 11.5 Å². The fourth-order valence-corrected chi connectivity index (χ4v) is 2.79. The molecule has 1 heterocycles.